The van der Waals surface area contributed by atoms with Crippen molar-refractivity contribution in [2.24, 2.45) is 0 Å². The maximum atomic E-state index is 12.6. The first kappa shape index (κ1) is 13.7. The first-order valence-electron chi connectivity index (χ1n) is 7.45. The molecule has 1 amide bonds. The van der Waals surface area contributed by atoms with Crippen LogP contribution in [-0.4, -0.2) is 25.8 Å². The summed E-state index contributed by atoms with van der Waals surface area (Å²) in [6.07, 6.45) is 9.38. The van der Waals surface area contributed by atoms with Gasteiger partial charge in [-0.15, -0.1) is 0 Å². The van der Waals surface area contributed by atoms with Crippen LogP contribution in [0.4, 0.5) is 6.01 Å². The van der Waals surface area contributed by atoms with E-state index in [9.17, 15) is 4.79 Å². The lowest BCUT2D eigenvalue weighted by atomic mass is 10.0. The van der Waals surface area contributed by atoms with Crippen molar-refractivity contribution < 1.29 is 9.21 Å². The van der Waals surface area contributed by atoms with Crippen LogP contribution < -0.4 is 5.32 Å². The molecule has 116 valence electrons. The van der Waals surface area contributed by atoms with Crippen molar-refractivity contribution in [3.05, 3.63) is 47.5 Å². The van der Waals surface area contributed by atoms with Gasteiger partial charge in [0.2, 0.25) is 0 Å². The Bertz CT molecular complexity index is 880. The maximum Gasteiger partial charge on any atom is 0.301 e. The molecule has 7 nitrogen and oxygen atoms in total. The zero-order valence-electron chi connectivity index (χ0n) is 12.6. The Morgan fingerprint density at radius 1 is 1.30 bits per heavy atom. The number of carbonyl (C=O) groups excluding carboxylic acids is 1. The Balaban J connectivity index is 1.75. The van der Waals surface area contributed by atoms with Crippen LogP contribution in [-0.2, 0) is 12.8 Å². The first-order valence-corrected chi connectivity index (χ1v) is 7.45. The van der Waals surface area contributed by atoms with E-state index < -0.39 is 0 Å². The highest BCUT2D eigenvalue weighted by atomic mass is 16.4. The van der Waals surface area contributed by atoms with Crippen LogP contribution in [0.5, 0.6) is 0 Å². The topological polar surface area (TPSA) is 96.7 Å². The molecule has 0 aromatic carbocycles. The Morgan fingerprint density at radius 3 is 3.04 bits per heavy atom. The van der Waals surface area contributed by atoms with Crippen LogP contribution in [0.1, 0.15) is 33.8 Å². The van der Waals surface area contributed by atoms with Crippen LogP contribution in [0, 0.1) is 6.92 Å². The second-order valence-electron chi connectivity index (χ2n) is 5.54. The maximum absolute atomic E-state index is 12.6. The Morgan fingerprint density at radius 2 is 2.22 bits per heavy atom. The van der Waals surface area contributed by atoms with Gasteiger partial charge in [0.05, 0.1) is 17.5 Å². The van der Waals surface area contributed by atoms with Gasteiger partial charge in [0, 0.05) is 23.7 Å². The van der Waals surface area contributed by atoms with E-state index in [1.807, 2.05) is 6.20 Å². The summed E-state index contributed by atoms with van der Waals surface area (Å²) in [6, 6.07) is 0.194. The molecule has 3 heterocycles. The Kier molecular flexibility index (Phi) is 3.18. The molecule has 4 rings (SSSR count). The fourth-order valence-electron chi connectivity index (χ4n) is 2.91. The number of aryl methyl sites for hydroxylation is 3. The van der Waals surface area contributed by atoms with Gasteiger partial charge in [0.15, 0.2) is 0 Å². The van der Waals surface area contributed by atoms with Gasteiger partial charge >= 0.3 is 6.01 Å². The number of nitrogens with one attached hydrogen (secondary N) is 2. The minimum Gasteiger partial charge on any atom is -0.429 e. The average Bonchev–Trinajstić information content (AvgIpc) is 3.10. The minimum absolute atomic E-state index is 0.194. The van der Waals surface area contributed by atoms with Crippen LogP contribution in [0.2, 0.25) is 0 Å². The second-order valence-corrected chi connectivity index (χ2v) is 5.54. The molecule has 3 aromatic rings. The predicted molar refractivity (Wildman–Crippen MR) is 83.0 cm³/mol. The lowest BCUT2D eigenvalue weighted by Gasteiger charge is -2.07. The molecule has 0 saturated heterocycles. The van der Waals surface area contributed by atoms with Crippen LogP contribution in [0.25, 0.3) is 11.3 Å². The van der Waals surface area contributed by atoms with Crippen molar-refractivity contribution in [3.8, 4) is 11.3 Å². The quantitative estimate of drug-likeness (QED) is 0.758. The molecular weight excluding hydrogens is 294 g/mol. The number of amides is 1. The first-order chi connectivity index (χ1) is 11.2. The van der Waals surface area contributed by atoms with E-state index in [1.54, 1.807) is 19.3 Å². The van der Waals surface area contributed by atoms with Gasteiger partial charge in [0.25, 0.3) is 5.91 Å². The molecule has 23 heavy (non-hydrogen) atoms. The van der Waals surface area contributed by atoms with E-state index in [0.717, 1.165) is 41.8 Å². The number of hydrogen-bond donors (Lipinski definition) is 2. The van der Waals surface area contributed by atoms with Gasteiger partial charge in [-0.3, -0.25) is 10.1 Å². The third-order valence-corrected chi connectivity index (χ3v) is 3.95. The zero-order valence-corrected chi connectivity index (χ0v) is 12.6. The summed E-state index contributed by atoms with van der Waals surface area (Å²) in [7, 11) is 0. The summed E-state index contributed by atoms with van der Waals surface area (Å²) >= 11 is 0. The molecule has 0 bridgehead atoms. The average molecular weight is 309 g/mol. The monoisotopic (exact) mass is 309 g/mol. The number of aromatic amines is 1. The third-order valence-electron chi connectivity index (χ3n) is 3.95. The minimum atomic E-state index is -0.268. The second kappa shape index (κ2) is 5.35. The fraction of sp³-hybridized carbons (Fsp3) is 0.250. The third kappa shape index (κ3) is 2.40. The van der Waals surface area contributed by atoms with Crippen molar-refractivity contribution in [1.82, 2.24) is 19.9 Å². The summed E-state index contributed by atoms with van der Waals surface area (Å²) in [4.78, 5) is 28.3. The van der Waals surface area contributed by atoms with Crippen LogP contribution >= 0.6 is 0 Å². The molecule has 0 atom stereocenters. The lowest BCUT2D eigenvalue weighted by Crippen LogP contribution is -2.13. The number of H-pyrrole nitrogens is 1. The molecule has 0 fully saturated rings. The number of carbonyl (C=O) groups is 1. The number of anilines is 1. The molecule has 0 saturated carbocycles. The molecule has 0 radical (unpaired) electrons. The number of aromatic nitrogens is 4. The summed E-state index contributed by atoms with van der Waals surface area (Å²) < 4.78 is 5.31. The van der Waals surface area contributed by atoms with Gasteiger partial charge in [-0.1, -0.05) is 0 Å². The molecule has 0 aliphatic heterocycles. The van der Waals surface area contributed by atoms with E-state index in [4.69, 9.17) is 4.42 Å². The fourth-order valence-corrected chi connectivity index (χ4v) is 2.91. The van der Waals surface area contributed by atoms with Crippen molar-refractivity contribution in [3.63, 3.8) is 0 Å². The van der Waals surface area contributed by atoms with E-state index in [0.29, 0.717) is 11.3 Å². The zero-order chi connectivity index (χ0) is 15.8. The molecular formula is C16H15N5O2. The SMILES string of the molecule is Cc1cnc(NC(=O)c2c[nH]c3c2-c2ncncc2CCC3)o1. The van der Waals surface area contributed by atoms with E-state index in [1.165, 1.54) is 6.33 Å². The van der Waals surface area contributed by atoms with Gasteiger partial charge < -0.3 is 9.40 Å². The van der Waals surface area contributed by atoms with Gasteiger partial charge in [-0.05, 0) is 31.7 Å². The molecule has 1 aliphatic rings. The summed E-state index contributed by atoms with van der Waals surface area (Å²) in [5.74, 6) is 0.377. The number of rotatable bonds is 2. The van der Waals surface area contributed by atoms with Crippen LogP contribution in [0.15, 0.2) is 29.3 Å². The summed E-state index contributed by atoms with van der Waals surface area (Å²) in [6.45, 7) is 1.78. The summed E-state index contributed by atoms with van der Waals surface area (Å²) in [5, 5.41) is 2.69. The Hall–Kier alpha value is -2.96. The molecule has 7 heteroatoms. The standard InChI is InChI=1S/C16H15N5O2/c1-9-5-19-16(23-9)21-15(22)11-7-18-12-4-2-3-10-6-17-8-20-14(10)13(11)12/h5-8,18H,2-4H2,1H3,(H,19,21,22). The number of hydrogen-bond acceptors (Lipinski definition) is 5. The largest absolute Gasteiger partial charge is 0.429 e. The highest BCUT2D eigenvalue weighted by Gasteiger charge is 2.24. The number of oxazole rings is 1. The smallest absolute Gasteiger partial charge is 0.301 e. The number of fused-ring (bicyclic) bond motifs is 3. The number of nitrogens with zero attached hydrogens (tertiary/aromatic N) is 3. The van der Waals surface area contributed by atoms with Crippen molar-refractivity contribution >= 4 is 11.9 Å². The van der Waals surface area contributed by atoms with E-state index in [-0.39, 0.29) is 11.9 Å². The van der Waals surface area contributed by atoms with Crippen molar-refractivity contribution in [1.29, 1.82) is 0 Å². The molecule has 2 N–H and O–H groups in total. The van der Waals surface area contributed by atoms with E-state index in [2.05, 4.69) is 25.3 Å². The molecule has 3 aromatic heterocycles. The van der Waals surface area contributed by atoms with Crippen LogP contribution in [0.3, 0.4) is 0 Å². The normalized spacial score (nSPS) is 13.1. The highest BCUT2D eigenvalue weighted by Crippen LogP contribution is 2.33. The van der Waals surface area contributed by atoms with Gasteiger partial charge in [0.1, 0.15) is 12.1 Å². The van der Waals surface area contributed by atoms with Gasteiger partial charge in [-0.25, -0.2) is 15.0 Å². The molecule has 1 aliphatic carbocycles. The molecule has 0 spiro atoms. The van der Waals surface area contributed by atoms with Crippen molar-refractivity contribution in [2.75, 3.05) is 5.32 Å². The van der Waals surface area contributed by atoms with E-state index >= 15 is 0 Å². The van der Waals surface area contributed by atoms with Gasteiger partial charge in [-0.2, -0.15) is 0 Å². The predicted octanol–water partition coefficient (Wildman–Crippen LogP) is 2.51. The van der Waals surface area contributed by atoms with Crippen molar-refractivity contribution in [2.45, 2.75) is 26.2 Å². The Labute approximate surface area is 132 Å². The molecule has 0 unspecified atom stereocenters. The summed E-state index contributed by atoms with van der Waals surface area (Å²) in [5.41, 5.74) is 4.30. The lowest BCUT2D eigenvalue weighted by molar-refractivity contribution is 0.102. The highest BCUT2D eigenvalue weighted by molar-refractivity contribution is 6.08.